The first-order valence-electron chi connectivity index (χ1n) is 7.93. The van der Waals surface area contributed by atoms with Crippen LogP contribution in [0.4, 0.5) is 5.69 Å². The lowest BCUT2D eigenvalue weighted by molar-refractivity contribution is -0.127. The van der Waals surface area contributed by atoms with E-state index in [4.69, 9.17) is 4.84 Å². The summed E-state index contributed by atoms with van der Waals surface area (Å²) in [4.78, 5) is 18.7. The van der Waals surface area contributed by atoms with E-state index >= 15 is 0 Å². The van der Waals surface area contributed by atoms with Crippen molar-refractivity contribution >= 4 is 11.5 Å². The second kappa shape index (κ2) is 5.58. The van der Waals surface area contributed by atoms with Gasteiger partial charge in [0.25, 0.3) is 0 Å². The third-order valence-electron chi connectivity index (χ3n) is 4.68. The van der Waals surface area contributed by atoms with E-state index in [9.17, 15) is 4.79 Å². The summed E-state index contributed by atoms with van der Waals surface area (Å²) in [6.07, 6.45) is 2.58. The number of rotatable bonds is 2. The molecule has 2 aromatic rings. The number of para-hydroxylation sites is 1. The molecule has 1 aliphatic carbocycles. The van der Waals surface area contributed by atoms with Crippen LogP contribution in [0, 0.1) is 5.92 Å². The zero-order chi connectivity index (χ0) is 14.9. The molecule has 1 saturated heterocycles. The molecule has 4 rings (SSSR count). The van der Waals surface area contributed by atoms with Gasteiger partial charge in [0.15, 0.2) is 0 Å². The highest BCUT2D eigenvalue weighted by Crippen LogP contribution is 2.46. The molecule has 0 bridgehead atoms. The lowest BCUT2D eigenvalue weighted by atomic mass is 9.79. The average Bonchev–Trinajstić information content (AvgIpc) is 2.97. The second-order valence-corrected chi connectivity index (χ2v) is 6.05. The van der Waals surface area contributed by atoms with Gasteiger partial charge in [0.1, 0.15) is 5.78 Å². The Morgan fingerprint density at radius 3 is 2.36 bits per heavy atom. The zero-order valence-corrected chi connectivity index (χ0v) is 12.4. The maximum Gasteiger partial charge on any atom is 0.141 e. The summed E-state index contributed by atoms with van der Waals surface area (Å²) >= 11 is 0. The smallest absolute Gasteiger partial charge is 0.141 e. The molecule has 0 radical (unpaired) electrons. The highest BCUT2D eigenvalue weighted by atomic mass is 16.7. The Morgan fingerprint density at radius 1 is 0.955 bits per heavy atom. The first-order chi connectivity index (χ1) is 10.8. The monoisotopic (exact) mass is 293 g/mol. The van der Waals surface area contributed by atoms with E-state index < -0.39 is 0 Å². The van der Waals surface area contributed by atoms with Crippen LogP contribution in [0.15, 0.2) is 60.7 Å². The van der Waals surface area contributed by atoms with Crippen molar-refractivity contribution in [1.29, 1.82) is 0 Å². The van der Waals surface area contributed by atoms with Crippen LogP contribution in [0.5, 0.6) is 0 Å². The van der Waals surface area contributed by atoms with Gasteiger partial charge in [-0.2, -0.15) is 0 Å². The molecule has 1 saturated carbocycles. The van der Waals surface area contributed by atoms with Gasteiger partial charge in [-0.05, 0) is 30.5 Å². The van der Waals surface area contributed by atoms with Crippen LogP contribution in [-0.4, -0.2) is 11.9 Å². The van der Waals surface area contributed by atoms with Gasteiger partial charge in [0.2, 0.25) is 0 Å². The fourth-order valence-corrected chi connectivity index (χ4v) is 3.68. The van der Waals surface area contributed by atoms with Crippen LogP contribution >= 0.6 is 0 Å². The molecule has 1 aliphatic heterocycles. The number of benzene rings is 2. The molecule has 3 atom stereocenters. The molecule has 2 aromatic carbocycles. The summed E-state index contributed by atoms with van der Waals surface area (Å²) in [6.45, 7) is 0. The lowest BCUT2D eigenvalue weighted by Gasteiger charge is -2.27. The SMILES string of the molecule is O=C1CCC[C@H]2ON(c3ccccc3)[C@@H](c3ccccc3)[C@H]12. The van der Waals surface area contributed by atoms with Gasteiger partial charge >= 0.3 is 0 Å². The molecule has 2 aliphatic rings. The normalized spacial score (nSPS) is 27.7. The van der Waals surface area contributed by atoms with Gasteiger partial charge < -0.3 is 0 Å². The molecule has 1 heterocycles. The van der Waals surface area contributed by atoms with E-state index in [-0.39, 0.29) is 18.1 Å². The highest BCUT2D eigenvalue weighted by molar-refractivity contribution is 5.84. The molecular weight excluding hydrogens is 274 g/mol. The third kappa shape index (κ3) is 2.22. The fraction of sp³-hybridized carbons (Fsp3) is 0.316. The number of carbonyl (C=O) groups excluding carboxylic acids is 1. The number of hydroxylamine groups is 1. The van der Waals surface area contributed by atoms with Gasteiger partial charge in [-0.1, -0.05) is 48.5 Å². The molecule has 0 unspecified atom stereocenters. The van der Waals surface area contributed by atoms with E-state index in [1.54, 1.807) is 0 Å². The number of nitrogens with zero attached hydrogens (tertiary/aromatic N) is 1. The molecule has 3 heteroatoms. The lowest BCUT2D eigenvalue weighted by Crippen LogP contribution is -2.32. The number of hydrogen-bond acceptors (Lipinski definition) is 3. The molecule has 3 nitrogen and oxygen atoms in total. The number of ketones is 1. The Balaban J connectivity index is 1.78. The van der Waals surface area contributed by atoms with Gasteiger partial charge in [-0.15, -0.1) is 0 Å². The Morgan fingerprint density at radius 2 is 1.64 bits per heavy atom. The standard InChI is InChI=1S/C19H19NO2/c21-16-12-7-13-17-18(16)19(14-8-3-1-4-9-14)20(22-17)15-10-5-2-6-11-15/h1-6,8-11,17-19H,7,12-13H2/t17-,18-,19+/m1/s1. The maximum absolute atomic E-state index is 12.5. The molecule has 0 aromatic heterocycles. The summed E-state index contributed by atoms with van der Waals surface area (Å²) in [5.74, 6) is 0.278. The van der Waals surface area contributed by atoms with Crippen molar-refractivity contribution in [3.05, 3.63) is 66.2 Å². The minimum Gasteiger partial charge on any atom is -0.299 e. The van der Waals surface area contributed by atoms with Crippen LogP contribution < -0.4 is 5.06 Å². The first kappa shape index (κ1) is 13.5. The van der Waals surface area contributed by atoms with Gasteiger partial charge in [0, 0.05) is 6.42 Å². The predicted octanol–water partition coefficient (Wildman–Crippen LogP) is 3.92. The zero-order valence-electron chi connectivity index (χ0n) is 12.4. The van der Waals surface area contributed by atoms with E-state index in [0.29, 0.717) is 12.2 Å². The average molecular weight is 293 g/mol. The van der Waals surface area contributed by atoms with Crippen LogP contribution in [0.3, 0.4) is 0 Å². The van der Waals surface area contributed by atoms with Crippen molar-refractivity contribution in [2.24, 2.45) is 5.92 Å². The minimum absolute atomic E-state index is 0.00617. The maximum atomic E-state index is 12.5. The predicted molar refractivity (Wildman–Crippen MR) is 85.3 cm³/mol. The summed E-state index contributed by atoms with van der Waals surface area (Å²) < 4.78 is 0. The van der Waals surface area contributed by atoms with Crippen molar-refractivity contribution < 1.29 is 9.63 Å². The largest absolute Gasteiger partial charge is 0.299 e. The molecule has 0 N–H and O–H groups in total. The number of carbonyl (C=O) groups is 1. The topological polar surface area (TPSA) is 29.5 Å². The molecule has 2 fully saturated rings. The Labute approximate surface area is 130 Å². The van der Waals surface area contributed by atoms with E-state index in [1.165, 1.54) is 0 Å². The summed E-state index contributed by atoms with van der Waals surface area (Å²) in [7, 11) is 0. The number of hydrogen-bond donors (Lipinski definition) is 0. The molecule has 112 valence electrons. The van der Waals surface area contributed by atoms with Crippen molar-refractivity contribution in [2.75, 3.05) is 5.06 Å². The summed E-state index contributed by atoms with van der Waals surface area (Å²) in [5.41, 5.74) is 2.16. The Hall–Kier alpha value is -2.13. The number of Topliss-reactive ketones (excluding diaryl/α,β-unsaturated/α-hetero) is 1. The van der Waals surface area contributed by atoms with Crippen molar-refractivity contribution in [1.82, 2.24) is 0 Å². The second-order valence-electron chi connectivity index (χ2n) is 6.05. The minimum atomic E-state index is -0.0589. The van der Waals surface area contributed by atoms with Gasteiger partial charge in [-0.3, -0.25) is 9.63 Å². The number of fused-ring (bicyclic) bond motifs is 1. The van der Waals surface area contributed by atoms with E-state index in [2.05, 4.69) is 12.1 Å². The van der Waals surface area contributed by atoms with E-state index in [0.717, 1.165) is 24.1 Å². The van der Waals surface area contributed by atoms with Crippen LogP contribution in [0.25, 0.3) is 0 Å². The fourth-order valence-electron chi connectivity index (χ4n) is 3.68. The quantitative estimate of drug-likeness (QED) is 0.840. The summed E-state index contributed by atoms with van der Waals surface area (Å²) in [5, 5.41) is 1.95. The van der Waals surface area contributed by atoms with Crippen LogP contribution in [0.2, 0.25) is 0 Å². The third-order valence-corrected chi connectivity index (χ3v) is 4.68. The highest BCUT2D eigenvalue weighted by Gasteiger charge is 2.49. The van der Waals surface area contributed by atoms with Crippen molar-refractivity contribution in [3.63, 3.8) is 0 Å². The van der Waals surface area contributed by atoms with Gasteiger partial charge in [-0.25, -0.2) is 5.06 Å². The van der Waals surface area contributed by atoms with Crippen molar-refractivity contribution in [3.8, 4) is 0 Å². The molecule has 0 spiro atoms. The van der Waals surface area contributed by atoms with Crippen LogP contribution in [-0.2, 0) is 9.63 Å². The number of anilines is 1. The van der Waals surface area contributed by atoms with E-state index in [1.807, 2.05) is 53.6 Å². The Kier molecular flexibility index (Phi) is 3.43. The molecule has 0 amide bonds. The molecule has 22 heavy (non-hydrogen) atoms. The van der Waals surface area contributed by atoms with Gasteiger partial charge in [0.05, 0.1) is 23.8 Å². The van der Waals surface area contributed by atoms with Crippen LogP contribution in [0.1, 0.15) is 30.9 Å². The molecular formula is C19H19NO2. The summed E-state index contributed by atoms with van der Waals surface area (Å²) in [6, 6.07) is 20.3. The van der Waals surface area contributed by atoms with Crippen molar-refractivity contribution in [2.45, 2.75) is 31.4 Å². The first-order valence-corrected chi connectivity index (χ1v) is 7.93. The Bertz CT molecular complexity index is 656.